The van der Waals surface area contributed by atoms with Crippen molar-refractivity contribution in [1.82, 2.24) is 10.2 Å². The molecular formula is C18H18N4O2S. The normalized spacial score (nSPS) is 10.3. The number of carbonyl (C=O) groups is 1. The molecule has 7 heteroatoms. The topological polar surface area (TPSA) is 76.1 Å². The lowest BCUT2D eigenvalue weighted by Crippen LogP contribution is -2.13. The third-order valence-corrected chi connectivity index (χ3v) is 4.41. The van der Waals surface area contributed by atoms with Gasteiger partial charge in [-0.2, -0.15) is 0 Å². The van der Waals surface area contributed by atoms with Crippen LogP contribution in [-0.4, -0.2) is 29.8 Å². The Hall–Kier alpha value is -2.93. The molecule has 0 saturated heterocycles. The Morgan fingerprint density at radius 2 is 1.88 bits per heavy atom. The van der Waals surface area contributed by atoms with Gasteiger partial charge in [-0.3, -0.25) is 4.79 Å². The lowest BCUT2D eigenvalue weighted by Gasteiger charge is -2.09. The summed E-state index contributed by atoms with van der Waals surface area (Å²) in [5, 5.41) is 15.9. The van der Waals surface area contributed by atoms with Gasteiger partial charge in [0.25, 0.3) is 5.91 Å². The summed E-state index contributed by atoms with van der Waals surface area (Å²) in [5.74, 6) is 1.78. The molecule has 0 radical (unpaired) electrons. The summed E-state index contributed by atoms with van der Waals surface area (Å²) in [6.07, 6.45) is 0.808. The van der Waals surface area contributed by atoms with E-state index >= 15 is 0 Å². The number of nitrogens with one attached hydrogen (secondary N) is 2. The third kappa shape index (κ3) is 4.54. The second kappa shape index (κ2) is 8.25. The van der Waals surface area contributed by atoms with Crippen LogP contribution in [0.5, 0.6) is 5.75 Å². The largest absolute Gasteiger partial charge is 0.496 e. The van der Waals surface area contributed by atoms with Gasteiger partial charge in [-0.1, -0.05) is 24.3 Å². The highest BCUT2D eigenvalue weighted by atomic mass is 32.1. The number of carbonyl (C=O) groups excluding carboxylic acids is 1. The fourth-order valence-corrected chi connectivity index (χ4v) is 2.93. The Bertz CT molecular complexity index is 819. The van der Waals surface area contributed by atoms with E-state index in [2.05, 4.69) is 20.8 Å². The standard InChI is InChI=1S/C18H18N4O2S/c1-24-14-6-3-2-5-13(14)10-11-19-16-8-9-17(22-21-16)20-18(23)15-7-4-12-25-15/h2-9,12H,10-11H2,1H3,(H,19,21)(H,20,22,23). The number of thiophene rings is 1. The molecule has 0 aliphatic rings. The van der Waals surface area contributed by atoms with Crippen molar-refractivity contribution in [2.24, 2.45) is 0 Å². The minimum atomic E-state index is -0.179. The van der Waals surface area contributed by atoms with Crippen LogP contribution in [-0.2, 0) is 6.42 Å². The SMILES string of the molecule is COc1ccccc1CCNc1ccc(NC(=O)c2cccs2)nn1. The Morgan fingerprint density at radius 1 is 1.08 bits per heavy atom. The fraction of sp³-hybridized carbons (Fsp3) is 0.167. The zero-order valence-electron chi connectivity index (χ0n) is 13.7. The first-order chi connectivity index (χ1) is 12.3. The molecule has 6 nitrogen and oxygen atoms in total. The van der Waals surface area contributed by atoms with Crippen LogP contribution in [0, 0.1) is 0 Å². The van der Waals surface area contributed by atoms with Gasteiger partial charge in [0, 0.05) is 6.54 Å². The lowest BCUT2D eigenvalue weighted by molar-refractivity contribution is 0.103. The quantitative estimate of drug-likeness (QED) is 0.680. The molecule has 3 aromatic rings. The maximum Gasteiger partial charge on any atom is 0.266 e. The minimum absolute atomic E-state index is 0.179. The molecule has 2 heterocycles. The molecule has 2 aromatic heterocycles. The number of methoxy groups -OCH3 is 1. The van der Waals surface area contributed by atoms with E-state index in [1.807, 2.05) is 35.7 Å². The van der Waals surface area contributed by atoms with Crippen molar-refractivity contribution in [3.05, 3.63) is 64.4 Å². The van der Waals surface area contributed by atoms with Gasteiger partial charge in [-0.05, 0) is 41.6 Å². The molecule has 25 heavy (non-hydrogen) atoms. The molecule has 1 aromatic carbocycles. The number of aromatic nitrogens is 2. The van der Waals surface area contributed by atoms with Gasteiger partial charge in [-0.25, -0.2) is 0 Å². The number of rotatable bonds is 7. The van der Waals surface area contributed by atoms with E-state index in [1.54, 1.807) is 25.3 Å². The molecule has 0 spiro atoms. The number of ether oxygens (including phenoxy) is 1. The maximum atomic E-state index is 12.0. The highest BCUT2D eigenvalue weighted by molar-refractivity contribution is 7.12. The molecular weight excluding hydrogens is 336 g/mol. The van der Waals surface area contributed by atoms with Crippen LogP contribution in [0.2, 0.25) is 0 Å². The second-order valence-electron chi connectivity index (χ2n) is 5.22. The number of anilines is 2. The molecule has 3 rings (SSSR count). The summed E-state index contributed by atoms with van der Waals surface area (Å²) in [4.78, 5) is 12.6. The van der Waals surface area contributed by atoms with Crippen LogP contribution in [0.4, 0.5) is 11.6 Å². The summed E-state index contributed by atoms with van der Waals surface area (Å²) < 4.78 is 5.34. The zero-order chi connectivity index (χ0) is 17.5. The van der Waals surface area contributed by atoms with E-state index in [0.29, 0.717) is 23.1 Å². The van der Waals surface area contributed by atoms with Gasteiger partial charge in [0.05, 0.1) is 12.0 Å². The van der Waals surface area contributed by atoms with Gasteiger partial charge in [0.1, 0.15) is 11.6 Å². The van der Waals surface area contributed by atoms with Crippen molar-refractivity contribution in [1.29, 1.82) is 0 Å². The minimum Gasteiger partial charge on any atom is -0.496 e. The van der Waals surface area contributed by atoms with E-state index in [-0.39, 0.29) is 5.91 Å². The number of para-hydroxylation sites is 1. The van der Waals surface area contributed by atoms with Crippen molar-refractivity contribution < 1.29 is 9.53 Å². The molecule has 0 fully saturated rings. The molecule has 0 unspecified atom stereocenters. The average molecular weight is 354 g/mol. The van der Waals surface area contributed by atoms with E-state index < -0.39 is 0 Å². The van der Waals surface area contributed by atoms with Crippen molar-refractivity contribution >= 4 is 28.9 Å². The van der Waals surface area contributed by atoms with Gasteiger partial charge < -0.3 is 15.4 Å². The number of hydrogen-bond acceptors (Lipinski definition) is 6. The van der Waals surface area contributed by atoms with Gasteiger partial charge >= 0.3 is 0 Å². The predicted molar refractivity (Wildman–Crippen MR) is 99.5 cm³/mol. The second-order valence-corrected chi connectivity index (χ2v) is 6.17. The van der Waals surface area contributed by atoms with Crippen LogP contribution in [0.25, 0.3) is 0 Å². The van der Waals surface area contributed by atoms with E-state index in [4.69, 9.17) is 4.74 Å². The van der Waals surface area contributed by atoms with Crippen LogP contribution >= 0.6 is 11.3 Å². The third-order valence-electron chi connectivity index (χ3n) is 3.54. The average Bonchev–Trinajstić information content (AvgIpc) is 3.18. The van der Waals surface area contributed by atoms with Gasteiger partial charge in [0.2, 0.25) is 0 Å². The Balaban J connectivity index is 1.52. The number of benzene rings is 1. The molecule has 2 N–H and O–H groups in total. The van der Waals surface area contributed by atoms with E-state index in [1.165, 1.54) is 11.3 Å². The lowest BCUT2D eigenvalue weighted by atomic mass is 10.1. The van der Waals surface area contributed by atoms with Crippen molar-refractivity contribution in [2.75, 3.05) is 24.3 Å². The summed E-state index contributed by atoms with van der Waals surface area (Å²) in [7, 11) is 1.67. The van der Waals surface area contributed by atoms with Crippen LogP contribution < -0.4 is 15.4 Å². The monoisotopic (exact) mass is 354 g/mol. The molecule has 1 amide bonds. The van der Waals surface area contributed by atoms with Crippen molar-refractivity contribution in [3.63, 3.8) is 0 Å². The highest BCUT2D eigenvalue weighted by Crippen LogP contribution is 2.18. The Kier molecular flexibility index (Phi) is 5.58. The maximum absolute atomic E-state index is 12.0. The van der Waals surface area contributed by atoms with E-state index in [0.717, 1.165) is 17.7 Å². The fourth-order valence-electron chi connectivity index (χ4n) is 2.31. The van der Waals surface area contributed by atoms with Crippen LogP contribution in [0.3, 0.4) is 0 Å². The molecule has 0 bridgehead atoms. The summed E-state index contributed by atoms with van der Waals surface area (Å²) >= 11 is 1.38. The molecule has 128 valence electrons. The first-order valence-corrected chi connectivity index (χ1v) is 8.68. The first-order valence-electron chi connectivity index (χ1n) is 7.80. The Morgan fingerprint density at radius 3 is 2.60 bits per heavy atom. The van der Waals surface area contributed by atoms with E-state index in [9.17, 15) is 4.79 Å². The van der Waals surface area contributed by atoms with Crippen molar-refractivity contribution in [3.8, 4) is 5.75 Å². The number of amides is 1. The van der Waals surface area contributed by atoms with Gasteiger partial charge in [0.15, 0.2) is 5.82 Å². The predicted octanol–water partition coefficient (Wildman–Crippen LogP) is 3.45. The smallest absolute Gasteiger partial charge is 0.266 e. The Labute approximate surface area is 149 Å². The summed E-state index contributed by atoms with van der Waals surface area (Å²) in [6, 6.07) is 15.0. The van der Waals surface area contributed by atoms with Crippen LogP contribution in [0.15, 0.2) is 53.9 Å². The molecule has 0 aliphatic heterocycles. The number of hydrogen-bond donors (Lipinski definition) is 2. The van der Waals surface area contributed by atoms with Crippen molar-refractivity contribution in [2.45, 2.75) is 6.42 Å². The number of nitrogens with zero attached hydrogens (tertiary/aromatic N) is 2. The van der Waals surface area contributed by atoms with Gasteiger partial charge in [-0.15, -0.1) is 21.5 Å². The molecule has 0 saturated carbocycles. The molecule has 0 atom stereocenters. The van der Waals surface area contributed by atoms with Crippen LogP contribution in [0.1, 0.15) is 15.2 Å². The summed E-state index contributed by atoms with van der Waals surface area (Å²) in [5.41, 5.74) is 1.13. The first kappa shape index (κ1) is 16.9. The highest BCUT2D eigenvalue weighted by Gasteiger charge is 2.08. The summed E-state index contributed by atoms with van der Waals surface area (Å²) in [6.45, 7) is 0.704. The molecule has 0 aliphatic carbocycles. The zero-order valence-corrected chi connectivity index (χ0v) is 14.5.